The topological polar surface area (TPSA) is 66.5 Å². The maximum absolute atomic E-state index is 12.9. The number of rotatable bonds is 3. The summed E-state index contributed by atoms with van der Waals surface area (Å²) < 4.78 is 25.8. The van der Waals surface area contributed by atoms with Gasteiger partial charge in [0.2, 0.25) is 10.0 Å². The molecule has 1 saturated carbocycles. The number of benzene rings is 1. The van der Waals surface area contributed by atoms with E-state index in [0.717, 1.165) is 12.8 Å². The minimum absolute atomic E-state index is 0.0281. The molecule has 2 fully saturated rings. The molecule has 0 aromatic heterocycles. The maximum Gasteiger partial charge on any atom is 0.254 e. The van der Waals surface area contributed by atoms with Gasteiger partial charge >= 0.3 is 0 Å². The van der Waals surface area contributed by atoms with Gasteiger partial charge in [0.1, 0.15) is 0 Å². The highest BCUT2D eigenvalue weighted by molar-refractivity contribution is 7.89. The van der Waals surface area contributed by atoms with E-state index in [9.17, 15) is 13.2 Å². The summed E-state index contributed by atoms with van der Waals surface area (Å²) in [4.78, 5) is 15.1. The number of likely N-dealkylation sites (tertiary alicyclic amines) is 1. The maximum atomic E-state index is 12.9. The van der Waals surface area contributed by atoms with E-state index < -0.39 is 10.0 Å². The van der Waals surface area contributed by atoms with Crippen LogP contribution in [-0.4, -0.2) is 38.4 Å². The Morgan fingerprint density at radius 2 is 1.83 bits per heavy atom. The molecule has 23 heavy (non-hydrogen) atoms. The van der Waals surface area contributed by atoms with E-state index in [4.69, 9.17) is 0 Å². The molecule has 0 spiro atoms. The summed E-state index contributed by atoms with van der Waals surface area (Å²) >= 11 is 0. The van der Waals surface area contributed by atoms with Gasteiger partial charge < -0.3 is 4.90 Å². The summed E-state index contributed by atoms with van der Waals surface area (Å²) in [5, 5.41) is 0. The van der Waals surface area contributed by atoms with Gasteiger partial charge in [-0.1, -0.05) is 12.8 Å². The normalized spacial score (nSPS) is 27.7. The van der Waals surface area contributed by atoms with Crippen LogP contribution in [0.3, 0.4) is 0 Å². The third-order valence-electron chi connectivity index (χ3n) is 5.26. The van der Waals surface area contributed by atoms with E-state index in [1.165, 1.54) is 38.4 Å². The molecule has 0 bridgehead atoms. The van der Waals surface area contributed by atoms with Crippen molar-refractivity contribution in [2.45, 2.75) is 56.0 Å². The molecule has 126 valence electrons. The van der Waals surface area contributed by atoms with Gasteiger partial charge in [0.05, 0.1) is 4.90 Å². The standard InChI is InChI=1S/C17H24N2O3S/c1-12-11-14-5-3-4-6-16(14)19(12)17(20)13-7-9-15(10-8-13)23(21,22)18-2/h7-10,12,14,16,18H,3-6,11H2,1-2H3/t12-,14-,16+/m1/s1. The molecule has 1 aliphatic heterocycles. The Morgan fingerprint density at radius 3 is 2.48 bits per heavy atom. The second-order valence-corrected chi connectivity index (χ2v) is 8.53. The zero-order valence-electron chi connectivity index (χ0n) is 13.7. The Kier molecular flexibility index (Phi) is 4.47. The van der Waals surface area contributed by atoms with Crippen LogP contribution in [-0.2, 0) is 10.0 Å². The highest BCUT2D eigenvalue weighted by Crippen LogP contribution is 2.40. The molecular weight excluding hydrogens is 312 g/mol. The van der Waals surface area contributed by atoms with Crippen LogP contribution in [0.4, 0.5) is 0 Å². The van der Waals surface area contributed by atoms with E-state index in [0.29, 0.717) is 17.5 Å². The molecule has 2 aliphatic rings. The summed E-state index contributed by atoms with van der Waals surface area (Å²) in [5.74, 6) is 0.659. The molecule has 1 N–H and O–H groups in total. The third-order valence-corrected chi connectivity index (χ3v) is 6.69. The van der Waals surface area contributed by atoms with E-state index in [1.807, 2.05) is 4.90 Å². The molecule has 1 aromatic rings. The average molecular weight is 336 g/mol. The number of nitrogens with one attached hydrogen (secondary N) is 1. The molecule has 0 radical (unpaired) electrons. The van der Waals surface area contributed by atoms with Crippen molar-refractivity contribution in [3.05, 3.63) is 29.8 Å². The quantitative estimate of drug-likeness (QED) is 0.921. The molecule has 6 heteroatoms. The molecule has 1 aliphatic carbocycles. The first kappa shape index (κ1) is 16.5. The fourth-order valence-electron chi connectivity index (χ4n) is 4.10. The van der Waals surface area contributed by atoms with E-state index in [2.05, 4.69) is 11.6 Å². The van der Waals surface area contributed by atoms with Crippen molar-refractivity contribution >= 4 is 15.9 Å². The van der Waals surface area contributed by atoms with E-state index >= 15 is 0 Å². The van der Waals surface area contributed by atoms with Crippen molar-refractivity contribution in [1.29, 1.82) is 0 Å². The van der Waals surface area contributed by atoms with Crippen molar-refractivity contribution < 1.29 is 13.2 Å². The van der Waals surface area contributed by atoms with Crippen LogP contribution < -0.4 is 4.72 Å². The molecule has 1 saturated heterocycles. The number of fused-ring (bicyclic) bond motifs is 1. The van der Waals surface area contributed by atoms with Crippen molar-refractivity contribution in [3.8, 4) is 0 Å². The molecule has 1 heterocycles. The highest BCUT2D eigenvalue weighted by atomic mass is 32.2. The Labute approximate surface area is 138 Å². The summed E-state index contributed by atoms with van der Waals surface area (Å²) in [5.41, 5.74) is 0.568. The Morgan fingerprint density at radius 1 is 1.17 bits per heavy atom. The molecule has 5 nitrogen and oxygen atoms in total. The first-order valence-electron chi connectivity index (χ1n) is 8.30. The second-order valence-electron chi connectivity index (χ2n) is 6.64. The molecular formula is C17H24N2O3S. The van der Waals surface area contributed by atoms with Crippen molar-refractivity contribution in [2.24, 2.45) is 5.92 Å². The third kappa shape index (κ3) is 3.02. The highest BCUT2D eigenvalue weighted by Gasteiger charge is 2.42. The first-order chi connectivity index (χ1) is 10.9. The van der Waals surface area contributed by atoms with Gasteiger partial charge in [-0.3, -0.25) is 4.79 Å². The molecule has 3 rings (SSSR count). The van der Waals surface area contributed by atoms with Crippen molar-refractivity contribution in [1.82, 2.24) is 9.62 Å². The van der Waals surface area contributed by atoms with Crippen molar-refractivity contribution in [3.63, 3.8) is 0 Å². The fraction of sp³-hybridized carbons (Fsp3) is 0.588. The minimum atomic E-state index is -3.46. The lowest BCUT2D eigenvalue weighted by atomic mass is 9.85. The van der Waals surface area contributed by atoms with Crippen LogP contribution in [0.5, 0.6) is 0 Å². The van der Waals surface area contributed by atoms with Gasteiger partial charge in [0, 0.05) is 17.6 Å². The first-order valence-corrected chi connectivity index (χ1v) is 9.78. The van der Waals surface area contributed by atoms with Gasteiger partial charge in [0.25, 0.3) is 5.91 Å². The number of amides is 1. The number of carbonyl (C=O) groups is 1. The summed E-state index contributed by atoms with van der Waals surface area (Å²) in [6.45, 7) is 2.12. The largest absolute Gasteiger partial charge is 0.333 e. The smallest absolute Gasteiger partial charge is 0.254 e. The van der Waals surface area contributed by atoms with Crippen LogP contribution >= 0.6 is 0 Å². The second kappa shape index (κ2) is 6.24. The Hall–Kier alpha value is -1.40. The fourth-order valence-corrected chi connectivity index (χ4v) is 4.83. The lowest BCUT2D eigenvalue weighted by Crippen LogP contribution is -2.42. The van der Waals surface area contributed by atoms with Crippen LogP contribution in [0.2, 0.25) is 0 Å². The number of hydrogen-bond acceptors (Lipinski definition) is 3. The van der Waals surface area contributed by atoms with Crippen molar-refractivity contribution in [2.75, 3.05) is 7.05 Å². The van der Waals surface area contributed by atoms with Gasteiger partial charge in [-0.05, 0) is 63.4 Å². The zero-order valence-corrected chi connectivity index (χ0v) is 14.5. The van der Waals surface area contributed by atoms with E-state index in [1.54, 1.807) is 12.1 Å². The predicted molar refractivity (Wildman–Crippen MR) is 88.7 cm³/mol. The molecule has 0 unspecified atom stereocenters. The lowest BCUT2D eigenvalue weighted by Gasteiger charge is -2.33. The van der Waals surface area contributed by atoms with Gasteiger partial charge in [-0.25, -0.2) is 13.1 Å². The average Bonchev–Trinajstić information content (AvgIpc) is 2.90. The van der Waals surface area contributed by atoms with Crippen LogP contribution in [0, 0.1) is 5.92 Å². The Balaban J connectivity index is 1.83. The van der Waals surface area contributed by atoms with Gasteiger partial charge in [-0.15, -0.1) is 0 Å². The summed E-state index contributed by atoms with van der Waals surface area (Å²) in [6, 6.07) is 6.85. The van der Waals surface area contributed by atoms with Crippen LogP contribution in [0.15, 0.2) is 29.2 Å². The SMILES string of the molecule is CNS(=O)(=O)c1ccc(C(=O)N2[C@H](C)C[C@H]3CCCC[C@@H]32)cc1. The van der Waals surface area contributed by atoms with Gasteiger partial charge in [-0.2, -0.15) is 0 Å². The number of nitrogens with zero attached hydrogens (tertiary/aromatic N) is 1. The van der Waals surface area contributed by atoms with E-state index in [-0.39, 0.29) is 16.8 Å². The number of carbonyl (C=O) groups excluding carboxylic acids is 1. The van der Waals surface area contributed by atoms with Crippen LogP contribution in [0.1, 0.15) is 49.4 Å². The lowest BCUT2D eigenvalue weighted by molar-refractivity contribution is 0.0633. The predicted octanol–water partition coefficient (Wildman–Crippen LogP) is 2.39. The molecule has 3 atom stereocenters. The Bertz CT molecular complexity index is 684. The molecule has 1 aromatic carbocycles. The monoisotopic (exact) mass is 336 g/mol. The summed E-state index contributed by atoms with van der Waals surface area (Å²) in [6.07, 6.45) is 5.86. The summed E-state index contributed by atoms with van der Waals surface area (Å²) in [7, 11) is -2.09. The number of hydrogen-bond donors (Lipinski definition) is 1. The number of sulfonamides is 1. The minimum Gasteiger partial charge on any atom is -0.333 e. The zero-order chi connectivity index (χ0) is 16.6. The van der Waals surface area contributed by atoms with Crippen LogP contribution in [0.25, 0.3) is 0 Å². The van der Waals surface area contributed by atoms with Gasteiger partial charge in [0.15, 0.2) is 0 Å². The molecule has 1 amide bonds.